The third kappa shape index (κ3) is 3.64. The van der Waals surface area contributed by atoms with Crippen LogP contribution in [0.15, 0.2) is 52.3 Å². The Morgan fingerprint density at radius 1 is 1.00 bits per heavy atom. The Kier molecular flexibility index (Phi) is 4.52. The second-order valence-corrected chi connectivity index (χ2v) is 7.60. The summed E-state index contributed by atoms with van der Waals surface area (Å²) in [5.74, 6) is 0.533. The molecular formula is C17H20N2O3S. The van der Waals surface area contributed by atoms with Gasteiger partial charge in [-0.25, -0.2) is 8.42 Å². The molecule has 0 amide bonds. The van der Waals surface area contributed by atoms with Crippen molar-refractivity contribution in [2.75, 3.05) is 4.72 Å². The van der Waals surface area contributed by atoms with Crippen LogP contribution < -0.4 is 10.3 Å². The standard InChI is InChI=1S/C17H20N2O3S/c20-17-16(7-4-12-18-17)19-23(21,22)15-10-8-14(9-11-15)13-5-2-1-3-6-13/h4,7-13,19H,1-3,5-6H2,(H,18,20). The van der Waals surface area contributed by atoms with Crippen LogP contribution in [0.3, 0.4) is 0 Å². The van der Waals surface area contributed by atoms with Crippen LogP contribution in [0.2, 0.25) is 0 Å². The van der Waals surface area contributed by atoms with Crippen LogP contribution >= 0.6 is 0 Å². The molecule has 1 aliphatic rings. The average molecular weight is 332 g/mol. The van der Waals surface area contributed by atoms with Crippen LogP contribution in [0.25, 0.3) is 0 Å². The number of pyridine rings is 1. The molecule has 122 valence electrons. The quantitative estimate of drug-likeness (QED) is 0.902. The molecule has 0 atom stereocenters. The van der Waals surface area contributed by atoms with Gasteiger partial charge < -0.3 is 4.98 Å². The Hall–Kier alpha value is -2.08. The summed E-state index contributed by atoms with van der Waals surface area (Å²) in [6.07, 6.45) is 7.57. The average Bonchev–Trinajstić information content (AvgIpc) is 2.58. The van der Waals surface area contributed by atoms with E-state index < -0.39 is 15.6 Å². The number of rotatable bonds is 4. The third-order valence-electron chi connectivity index (χ3n) is 4.33. The van der Waals surface area contributed by atoms with Gasteiger partial charge in [0.05, 0.1) is 4.90 Å². The van der Waals surface area contributed by atoms with Crippen molar-refractivity contribution in [3.8, 4) is 0 Å². The molecule has 1 aliphatic carbocycles. The minimum atomic E-state index is -3.75. The van der Waals surface area contributed by atoms with Gasteiger partial charge in [-0.3, -0.25) is 9.52 Å². The first-order valence-corrected chi connectivity index (χ1v) is 9.35. The van der Waals surface area contributed by atoms with Gasteiger partial charge in [0.1, 0.15) is 5.69 Å². The van der Waals surface area contributed by atoms with E-state index in [0.717, 1.165) is 0 Å². The molecule has 0 aliphatic heterocycles. The van der Waals surface area contributed by atoms with Crippen LogP contribution in [-0.4, -0.2) is 13.4 Å². The maximum Gasteiger partial charge on any atom is 0.272 e. The zero-order valence-electron chi connectivity index (χ0n) is 12.8. The maximum atomic E-state index is 12.4. The lowest BCUT2D eigenvalue weighted by Crippen LogP contribution is -2.19. The molecule has 0 bridgehead atoms. The lowest BCUT2D eigenvalue weighted by atomic mass is 9.84. The normalized spacial score (nSPS) is 16.2. The van der Waals surface area contributed by atoms with Gasteiger partial charge in [0.25, 0.3) is 15.6 Å². The van der Waals surface area contributed by atoms with Crippen LogP contribution in [0.5, 0.6) is 0 Å². The molecule has 5 nitrogen and oxygen atoms in total. The van der Waals surface area contributed by atoms with Crippen molar-refractivity contribution in [2.45, 2.75) is 42.9 Å². The van der Waals surface area contributed by atoms with Crippen molar-refractivity contribution in [3.05, 3.63) is 58.5 Å². The SMILES string of the molecule is O=c1[nH]cccc1NS(=O)(=O)c1ccc(C2CCCCC2)cc1. The molecule has 2 N–H and O–H groups in total. The van der Waals surface area contributed by atoms with Crippen molar-refractivity contribution in [3.63, 3.8) is 0 Å². The van der Waals surface area contributed by atoms with Crippen molar-refractivity contribution in [2.24, 2.45) is 0 Å². The van der Waals surface area contributed by atoms with Gasteiger partial charge in [0.15, 0.2) is 0 Å². The van der Waals surface area contributed by atoms with Crippen molar-refractivity contribution in [1.82, 2.24) is 4.98 Å². The smallest absolute Gasteiger partial charge is 0.272 e. The number of anilines is 1. The zero-order chi connectivity index (χ0) is 16.3. The monoisotopic (exact) mass is 332 g/mol. The Morgan fingerprint density at radius 2 is 1.70 bits per heavy atom. The highest BCUT2D eigenvalue weighted by atomic mass is 32.2. The minimum Gasteiger partial charge on any atom is -0.327 e. The van der Waals surface area contributed by atoms with E-state index in [1.807, 2.05) is 12.1 Å². The highest BCUT2D eigenvalue weighted by molar-refractivity contribution is 7.92. The Balaban J connectivity index is 1.80. The van der Waals surface area contributed by atoms with Gasteiger partial charge in [0, 0.05) is 6.20 Å². The van der Waals surface area contributed by atoms with E-state index in [0.29, 0.717) is 5.92 Å². The van der Waals surface area contributed by atoms with Crippen LogP contribution in [-0.2, 0) is 10.0 Å². The largest absolute Gasteiger partial charge is 0.327 e. The first kappa shape index (κ1) is 15.8. The number of sulfonamides is 1. The van der Waals surface area contributed by atoms with Crippen molar-refractivity contribution >= 4 is 15.7 Å². The van der Waals surface area contributed by atoms with E-state index >= 15 is 0 Å². The molecule has 0 saturated heterocycles. The highest BCUT2D eigenvalue weighted by Crippen LogP contribution is 2.32. The fourth-order valence-corrected chi connectivity index (χ4v) is 4.12. The number of aromatic amines is 1. The molecule has 1 saturated carbocycles. The molecule has 23 heavy (non-hydrogen) atoms. The molecule has 1 fully saturated rings. The number of hydrogen-bond donors (Lipinski definition) is 2. The van der Waals surface area contributed by atoms with Crippen LogP contribution in [0.4, 0.5) is 5.69 Å². The zero-order valence-corrected chi connectivity index (χ0v) is 13.6. The number of hydrogen-bond acceptors (Lipinski definition) is 3. The third-order valence-corrected chi connectivity index (χ3v) is 5.71. The molecule has 1 heterocycles. The first-order valence-electron chi connectivity index (χ1n) is 7.87. The van der Waals surface area contributed by atoms with Crippen LogP contribution in [0.1, 0.15) is 43.6 Å². The predicted octanol–water partition coefficient (Wildman–Crippen LogP) is 3.22. The van der Waals surface area contributed by atoms with E-state index in [-0.39, 0.29) is 10.6 Å². The number of benzene rings is 1. The lowest BCUT2D eigenvalue weighted by Gasteiger charge is -2.22. The number of nitrogens with one attached hydrogen (secondary N) is 2. The topological polar surface area (TPSA) is 79.0 Å². The Morgan fingerprint density at radius 3 is 2.35 bits per heavy atom. The molecule has 0 radical (unpaired) electrons. The van der Waals surface area contributed by atoms with Gasteiger partial charge in [-0.15, -0.1) is 0 Å². The first-order chi connectivity index (χ1) is 11.1. The summed E-state index contributed by atoms with van der Waals surface area (Å²) in [6.45, 7) is 0. The maximum absolute atomic E-state index is 12.4. The van der Waals surface area contributed by atoms with Crippen molar-refractivity contribution in [1.29, 1.82) is 0 Å². The Labute approximate surface area is 135 Å². The van der Waals surface area contributed by atoms with Gasteiger partial charge in [-0.05, 0) is 48.6 Å². The van der Waals surface area contributed by atoms with E-state index in [1.54, 1.807) is 18.2 Å². The summed E-state index contributed by atoms with van der Waals surface area (Å²) in [7, 11) is -3.75. The van der Waals surface area contributed by atoms with Gasteiger partial charge >= 0.3 is 0 Å². The van der Waals surface area contributed by atoms with E-state index in [9.17, 15) is 13.2 Å². The van der Waals surface area contributed by atoms with Gasteiger partial charge in [-0.2, -0.15) is 0 Å². The molecule has 0 spiro atoms. The number of H-pyrrole nitrogens is 1. The molecule has 6 heteroatoms. The molecule has 3 rings (SSSR count). The second kappa shape index (κ2) is 6.58. The van der Waals surface area contributed by atoms with E-state index in [2.05, 4.69) is 9.71 Å². The molecule has 1 aromatic carbocycles. The molecule has 1 aromatic heterocycles. The fraction of sp³-hybridized carbons (Fsp3) is 0.353. The number of aromatic nitrogens is 1. The molecule has 2 aromatic rings. The highest BCUT2D eigenvalue weighted by Gasteiger charge is 2.18. The Bertz CT molecular complexity index is 819. The summed E-state index contributed by atoms with van der Waals surface area (Å²) in [6, 6.07) is 10.0. The van der Waals surface area contributed by atoms with Gasteiger partial charge in [0.2, 0.25) is 0 Å². The summed E-state index contributed by atoms with van der Waals surface area (Å²) in [4.78, 5) is 14.2. The van der Waals surface area contributed by atoms with Crippen molar-refractivity contribution < 1.29 is 8.42 Å². The van der Waals surface area contributed by atoms with E-state index in [1.165, 1.54) is 49.9 Å². The van der Waals surface area contributed by atoms with Crippen LogP contribution in [0, 0.1) is 0 Å². The fourth-order valence-electron chi connectivity index (χ4n) is 3.06. The van der Waals surface area contributed by atoms with Gasteiger partial charge in [-0.1, -0.05) is 31.4 Å². The second-order valence-electron chi connectivity index (χ2n) is 5.92. The molecular weight excluding hydrogens is 312 g/mol. The summed E-state index contributed by atoms with van der Waals surface area (Å²) in [5, 5.41) is 0. The lowest BCUT2D eigenvalue weighted by molar-refractivity contribution is 0.443. The molecule has 0 unspecified atom stereocenters. The van der Waals surface area contributed by atoms with E-state index in [4.69, 9.17) is 0 Å². The predicted molar refractivity (Wildman–Crippen MR) is 90.1 cm³/mol. The summed E-state index contributed by atoms with van der Waals surface area (Å²) in [5.41, 5.74) is 0.750. The summed E-state index contributed by atoms with van der Waals surface area (Å²) >= 11 is 0. The summed E-state index contributed by atoms with van der Waals surface area (Å²) < 4.78 is 27.1. The minimum absolute atomic E-state index is 0.0175.